The second kappa shape index (κ2) is 9.39. The van der Waals surface area contributed by atoms with Crippen molar-refractivity contribution in [2.24, 2.45) is 5.10 Å². The molecule has 3 rings (SSSR count). The molecule has 0 spiro atoms. The zero-order chi connectivity index (χ0) is 19.9. The number of halogens is 2. The molecule has 0 aliphatic heterocycles. The van der Waals surface area contributed by atoms with Crippen molar-refractivity contribution >= 4 is 39.7 Å². The second-order valence-corrected chi connectivity index (χ2v) is 7.12. The van der Waals surface area contributed by atoms with Crippen LogP contribution in [-0.2, 0) is 4.79 Å². The molecule has 0 atom stereocenters. The highest BCUT2D eigenvalue weighted by Gasteiger charge is 2.06. The first-order valence-corrected chi connectivity index (χ1v) is 9.48. The Bertz CT molecular complexity index is 993. The van der Waals surface area contributed by atoms with Crippen LogP contribution in [0.25, 0.3) is 11.1 Å². The van der Waals surface area contributed by atoms with Crippen molar-refractivity contribution in [2.75, 3.05) is 6.61 Å². The number of amides is 1. The van der Waals surface area contributed by atoms with E-state index in [2.05, 4.69) is 26.5 Å². The number of rotatable bonds is 6. The fourth-order valence-electron chi connectivity index (χ4n) is 2.41. The van der Waals surface area contributed by atoms with Crippen molar-refractivity contribution in [1.82, 2.24) is 5.43 Å². The summed E-state index contributed by atoms with van der Waals surface area (Å²) < 4.78 is 6.14. The maximum absolute atomic E-state index is 11.9. The highest BCUT2D eigenvalue weighted by Crippen LogP contribution is 2.30. The molecule has 0 aliphatic carbocycles. The predicted octanol–water partition coefficient (Wildman–Crippen LogP) is 5.00. The standard InChI is InChI=1S/C21H16BrClN2O3/c22-17-10-16(21(27)19(23)11-17)12-24-25-20(26)13-28-18-8-6-15(7-9-18)14-4-2-1-3-5-14/h1-12,27H,13H2,(H,25,26)/b24-12-. The molecule has 5 nitrogen and oxygen atoms in total. The predicted molar refractivity (Wildman–Crippen MR) is 114 cm³/mol. The number of carbonyl (C=O) groups excluding carboxylic acids is 1. The molecule has 3 aromatic carbocycles. The van der Waals surface area contributed by atoms with Crippen LogP contribution in [0.1, 0.15) is 5.56 Å². The van der Waals surface area contributed by atoms with Crippen LogP contribution in [0.2, 0.25) is 5.02 Å². The number of carbonyl (C=O) groups is 1. The molecule has 0 aromatic heterocycles. The molecular weight excluding hydrogens is 444 g/mol. The smallest absolute Gasteiger partial charge is 0.277 e. The molecule has 142 valence electrons. The molecular formula is C21H16BrClN2O3. The van der Waals surface area contributed by atoms with Gasteiger partial charge in [-0.2, -0.15) is 5.10 Å². The first-order chi connectivity index (χ1) is 13.5. The number of hydrogen-bond donors (Lipinski definition) is 2. The number of phenols is 1. The van der Waals surface area contributed by atoms with Gasteiger partial charge in [-0.25, -0.2) is 5.43 Å². The summed E-state index contributed by atoms with van der Waals surface area (Å²) in [6, 6.07) is 20.6. The summed E-state index contributed by atoms with van der Waals surface area (Å²) in [5.74, 6) is 0.0387. The minimum Gasteiger partial charge on any atom is -0.506 e. The summed E-state index contributed by atoms with van der Waals surface area (Å²) in [6.07, 6.45) is 1.30. The van der Waals surface area contributed by atoms with E-state index in [1.54, 1.807) is 24.3 Å². The number of benzene rings is 3. The zero-order valence-electron chi connectivity index (χ0n) is 14.6. The number of hydrazone groups is 1. The summed E-state index contributed by atoms with van der Waals surface area (Å²) in [6.45, 7) is -0.187. The van der Waals surface area contributed by atoms with E-state index in [1.807, 2.05) is 42.5 Å². The second-order valence-electron chi connectivity index (χ2n) is 5.80. The molecule has 0 aliphatic rings. The third-order valence-electron chi connectivity index (χ3n) is 3.78. The van der Waals surface area contributed by atoms with Crippen molar-refractivity contribution in [3.63, 3.8) is 0 Å². The van der Waals surface area contributed by atoms with Gasteiger partial charge >= 0.3 is 0 Å². The lowest BCUT2D eigenvalue weighted by atomic mass is 10.1. The first kappa shape index (κ1) is 19.9. The fraction of sp³-hybridized carbons (Fsp3) is 0.0476. The number of aromatic hydroxyl groups is 1. The third-order valence-corrected chi connectivity index (χ3v) is 4.53. The van der Waals surface area contributed by atoms with Crippen LogP contribution in [0.5, 0.6) is 11.5 Å². The van der Waals surface area contributed by atoms with Gasteiger partial charge in [0, 0.05) is 10.0 Å². The average molecular weight is 460 g/mol. The lowest BCUT2D eigenvalue weighted by Gasteiger charge is -2.07. The van der Waals surface area contributed by atoms with E-state index in [9.17, 15) is 9.90 Å². The molecule has 0 unspecified atom stereocenters. The molecule has 1 amide bonds. The van der Waals surface area contributed by atoms with Crippen LogP contribution < -0.4 is 10.2 Å². The Balaban J connectivity index is 1.52. The summed E-state index contributed by atoms with van der Waals surface area (Å²) in [4.78, 5) is 11.9. The van der Waals surface area contributed by atoms with E-state index in [0.717, 1.165) is 11.1 Å². The maximum atomic E-state index is 11.9. The normalized spacial score (nSPS) is 10.8. The van der Waals surface area contributed by atoms with Crippen LogP contribution in [0, 0.1) is 0 Å². The van der Waals surface area contributed by atoms with Crippen LogP contribution in [0.3, 0.4) is 0 Å². The molecule has 3 aromatic rings. The largest absolute Gasteiger partial charge is 0.506 e. The van der Waals surface area contributed by atoms with Crippen molar-refractivity contribution in [2.45, 2.75) is 0 Å². The van der Waals surface area contributed by atoms with Gasteiger partial charge in [0.25, 0.3) is 5.91 Å². The minimum absolute atomic E-state index is 0.113. The zero-order valence-corrected chi connectivity index (χ0v) is 16.9. The molecule has 0 radical (unpaired) electrons. The summed E-state index contributed by atoms with van der Waals surface area (Å²) in [5.41, 5.74) is 4.89. The summed E-state index contributed by atoms with van der Waals surface area (Å²) >= 11 is 9.15. The van der Waals surface area contributed by atoms with Gasteiger partial charge in [0.05, 0.1) is 11.2 Å². The first-order valence-electron chi connectivity index (χ1n) is 8.31. The van der Waals surface area contributed by atoms with Crippen LogP contribution >= 0.6 is 27.5 Å². The highest BCUT2D eigenvalue weighted by molar-refractivity contribution is 9.10. The number of nitrogens with one attached hydrogen (secondary N) is 1. The van der Waals surface area contributed by atoms with E-state index < -0.39 is 5.91 Å². The number of phenolic OH excluding ortho intramolecular Hbond substituents is 1. The lowest BCUT2D eigenvalue weighted by molar-refractivity contribution is -0.123. The van der Waals surface area contributed by atoms with Crippen molar-refractivity contribution in [3.05, 3.63) is 81.8 Å². The van der Waals surface area contributed by atoms with E-state index >= 15 is 0 Å². The number of hydrogen-bond acceptors (Lipinski definition) is 4. The molecule has 0 bridgehead atoms. The van der Waals surface area contributed by atoms with Gasteiger partial charge in [-0.3, -0.25) is 4.79 Å². The van der Waals surface area contributed by atoms with Crippen LogP contribution in [0.4, 0.5) is 0 Å². The van der Waals surface area contributed by atoms with Gasteiger partial charge in [0.15, 0.2) is 6.61 Å². The quantitative estimate of drug-likeness (QED) is 0.402. The molecule has 2 N–H and O–H groups in total. The van der Waals surface area contributed by atoms with E-state index in [-0.39, 0.29) is 17.4 Å². The Kier molecular flexibility index (Phi) is 6.68. The number of ether oxygens (including phenoxy) is 1. The van der Waals surface area contributed by atoms with Gasteiger partial charge in [0.1, 0.15) is 11.5 Å². The molecule has 0 saturated heterocycles. The monoisotopic (exact) mass is 458 g/mol. The van der Waals surface area contributed by atoms with Gasteiger partial charge in [-0.15, -0.1) is 0 Å². The average Bonchev–Trinajstić information content (AvgIpc) is 2.71. The Labute approximate surface area is 175 Å². The van der Waals surface area contributed by atoms with Crippen molar-refractivity contribution in [3.8, 4) is 22.6 Å². The summed E-state index contributed by atoms with van der Waals surface area (Å²) in [5, 5.41) is 13.9. The lowest BCUT2D eigenvalue weighted by Crippen LogP contribution is -2.24. The number of nitrogens with zero attached hydrogens (tertiary/aromatic N) is 1. The third kappa shape index (κ3) is 5.34. The SMILES string of the molecule is O=C(COc1ccc(-c2ccccc2)cc1)N/N=C\c1cc(Br)cc(Cl)c1O. The van der Waals surface area contributed by atoms with E-state index in [1.165, 1.54) is 6.21 Å². The van der Waals surface area contributed by atoms with Crippen molar-refractivity contribution in [1.29, 1.82) is 0 Å². The van der Waals surface area contributed by atoms with E-state index in [4.69, 9.17) is 16.3 Å². The Morgan fingerprint density at radius 2 is 1.79 bits per heavy atom. The Morgan fingerprint density at radius 3 is 2.50 bits per heavy atom. The molecule has 28 heavy (non-hydrogen) atoms. The minimum atomic E-state index is -0.427. The maximum Gasteiger partial charge on any atom is 0.277 e. The van der Waals surface area contributed by atoms with E-state index in [0.29, 0.717) is 15.8 Å². The van der Waals surface area contributed by atoms with Gasteiger partial charge in [0.2, 0.25) is 0 Å². The molecule has 0 heterocycles. The molecule has 7 heteroatoms. The van der Waals surface area contributed by atoms with Gasteiger partial charge < -0.3 is 9.84 Å². The van der Waals surface area contributed by atoms with Crippen molar-refractivity contribution < 1.29 is 14.6 Å². The van der Waals surface area contributed by atoms with Gasteiger partial charge in [-0.05, 0) is 35.4 Å². The molecule has 0 fully saturated rings. The van der Waals surface area contributed by atoms with Gasteiger partial charge in [-0.1, -0.05) is 70.0 Å². The highest BCUT2D eigenvalue weighted by atomic mass is 79.9. The summed E-state index contributed by atoms with van der Waals surface area (Å²) in [7, 11) is 0. The van der Waals surface area contributed by atoms with Crippen LogP contribution in [-0.4, -0.2) is 23.8 Å². The van der Waals surface area contributed by atoms with Crippen LogP contribution in [0.15, 0.2) is 76.3 Å². The molecule has 0 saturated carbocycles. The Morgan fingerprint density at radius 1 is 1.11 bits per heavy atom. The fourth-order valence-corrected chi connectivity index (χ4v) is 3.25. The topological polar surface area (TPSA) is 70.9 Å². The Hall–Kier alpha value is -2.83.